The van der Waals surface area contributed by atoms with Crippen molar-refractivity contribution in [2.75, 3.05) is 6.54 Å². The molecule has 3 N–H and O–H groups in total. The van der Waals surface area contributed by atoms with Crippen LogP contribution in [0, 0.1) is 0 Å². The van der Waals surface area contributed by atoms with E-state index in [1.807, 2.05) is 6.07 Å². The summed E-state index contributed by atoms with van der Waals surface area (Å²) in [7, 11) is 0. The van der Waals surface area contributed by atoms with Gasteiger partial charge in [-0.05, 0) is 18.6 Å². The molecule has 0 amide bonds. The van der Waals surface area contributed by atoms with Crippen molar-refractivity contribution in [3.05, 3.63) is 36.3 Å². The van der Waals surface area contributed by atoms with Gasteiger partial charge in [-0.15, -0.1) is 0 Å². The number of aromatic nitrogens is 2. The molecule has 1 heterocycles. The second kappa shape index (κ2) is 7.17. The minimum atomic E-state index is -2.83. The number of nitrogens with zero attached hydrogens (tertiary/aromatic N) is 1. The van der Waals surface area contributed by atoms with E-state index in [1.54, 1.807) is 18.3 Å². The first-order chi connectivity index (χ1) is 10.1. The van der Waals surface area contributed by atoms with Crippen LogP contribution in [0.2, 0.25) is 0 Å². The third-order valence-corrected chi connectivity index (χ3v) is 3.27. The van der Waals surface area contributed by atoms with E-state index >= 15 is 0 Å². The zero-order valence-corrected chi connectivity index (χ0v) is 11.9. The lowest BCUT2D eigenvalue weighted by atomic mass is 10.0. The number of hydrogen-bond acceptors (Lipinski definition) is 3. The fourth-order valence-electron chi connectivity index (χ4n) is 2.25. The zero-order valence-electron chi connectivity index (χ0n) is 11.9. The number of nitrogens with two attached hydrogens (primary N) is 1. The number of imidazole rings is 1. The van der Waals surface area contributed by atoms with Gasteiger partial charge in [0.2, 0.25) is 0 Å². The molecule has 114 valence electrons. The van der Waals surface area contributed by atoms with Gasteiger partial charge in [-0.25, -0.2) is 4.98 Å². The van der Waals surface area contributed by atoms with Crippen molar-refractivity contribution in [2.24, 2.45) is 5.73 Å². The molecule has 1 atom stereocenters. The van der Waals surface area contributed by atoms with Crippen LogP contribution in [0.4, 0.5) is 8.78 Å². The molecule has 0 spiro atoms. The average molecular weight is 295 g/mol. The molecule has 2 aromatic rings. The number of rotatable bonds is 7. The Bertz CT molecular complexity index is 572. The summed E-state index contributed by atoms with van der Waals surface area (Å²) < 4.78 is 28.9. The lowest BCUT2D eigenvalue weighted by Crippen LogP contribution is -2.13. The number of ether oxygens (including phenoxy) is 1. The maximum absolute atomic E-state index is 12.2. The predicted molar refractivity (Wildman–Crippen MR) is 77.4 cm³/mol. The molecule has 0 aliphatic heterocycles. The number of H-pyrrole nitrogens is 1. The van der Waals surface area contributed by atoms with Crippen LogP contribution in [0.5, 0.6) is 5.75 Å². The van der Waals surface area contributed by atoms with Gasteiger partial charge in [-0.3, -0.25) is 0 Å². The summed E-state index contributed by atoms with van der Waals surface area (Å²) in [5, 5.41) is 0. The van der Waals surface area contributed by atoms with Gasteiger partial charge >= 0.3 is 6.61 Å². The summed E-state index contributed by atoms with van der Waals surface area (Å²) in [6, 6.07) is 6.53. The lowest BCUT2D eigenvalue weighted by Gasteiger charge is -2.10. The quantitative estimate of drug-likeness (QED) is 0.821. The molecule has 1 aromatic carbocycles. The monoisotopic (exact) mass is 295 g/mol. The summed E-state index contributed by atoms with van der Waals surface area (Å²) in [6.45, 7) is -0.212. The molecular formula is C15H19F2N3O. The van der Waals surface area contributed by atoms with Crippen molar-refractivity contribution < 1.29 is 13.5 Å². The predicted octanol–water partition coefficient (Wildman–Crippen LogP) is 3.52. The van der Waals surface area contributed by atoms with Gasteiger partial charge in [0.15, 0.2) is 0 Å². The number of aromatic amines is 1. The number of benzene rings is 1. The van der Waals surface area contributed by atoms with E-state index in [9.17, 15) is 8.78 Å². The maximum atomic E-state index is 12.2. The first kappa shape index (κ1) is 15.4. The largest absolute Gasteiger partial charge is 0.435 e. The zero-order chi connectivity index (χ0) is 15.2. The molecule has 0 saturated carbocycles. The molecule has 1 unspecified atom stereocenters. The van der Waals surface area contributed by atoms with Gasteiger partial charge in [0.05, 0.1) is 11.9 Å². The molecule has 0 aliphatic rings. The van der Waals surface area contributed by atoms with Crippen molar-refractivity contribution in [1.29, 1.82) is 0 Å². The molecule has 21 heavy (non-hydrogen) atoms. The second-order valence-corrected chi connectivity index (χ2v) is 4.81. The van der Waals surface area contributed by atoms with Gasteiger partial charge in [0.25, 0.3) is 0 Å². The Balaban J connectivity index is 2.20. The van der Waals surface area contributed by atoms with Crippen LogP contribution in [-0.2, 0) is 0 Å². The highest BCUT2D eigenvalue weighted by atomic mass is 19.3. The lowest BCUT2D eigenvalue weighted by molar-refractivity contribution is -0.0498. The van der Waals surface area contributed by atoms with Crippen molar-refractivity contribution in [3.8, 4) is 17.0 Å². The van der Waals surface area contributed by atoms with Crippen LogP contribution in [0.15, 0.2) is 30.5 Å². The van der Waals surface area contributed by atoms with Crippen LogP contribution >= 0.6 is 0 Å². The van der Waals surface area contributed by atoms with Gasteiger partial charge in [0.1, 0.15) is 11.6 Å². The summed E-state index contributed by atoms with van der Waals surface area (Å²) in [4.78, 5) is 7.56. The van der Waals surface area contributed by atoms with Crippen molar-refractivity contribution in [2.45, 2.75) is 32.3 Å². The van der Waals surface area contributed by atoms with Crippen LogP contribution < -0.4 is 10.5 Å². The van der Waals surface area contributed by atoms with E-state index in [1.165, 1.54) is 6.07 Å². The summed E-state index contributed by atoms with van der Waals surface area (Å²) in [6.07, 6.45) is 3.67. The Kier molecular flexibility index (Phi) is 5.27. The van der Waals surface area contributed by atoms with Gasteiger partial charge < -0.3 is 15.5 Å². The topological polar surface area (TPSA) is 63.9 Å². The summed E-state index contributed by atoms with van der Waals surface area (Å²) >= 11 is 0. The minimum absolute atomic E-state index is 0.127. The van der Waals surface area contributed by atoms with E-state index in [4.69, 9.17) is 5.73 Å². The van der Waals surface area contributed by atoms with E-state index in [0.29, 0.717) is 6.54 Å². The molecule has 0 fully saturated rings. The fourth-order valence-corrected chi connectivity index (χ4v) is 2.25. The van der Waals surface area contributed by atoms with Crippen molar-refractivity contribution in [3.63, 3.8) is 0 Å². The third-order valence-electron chi connectivity index (χ3n) is 3.27. The van der Waals surface area contributed by atoms with Crippen LogP contribution in [0.3, 0.4) is 0 Å². The molecular weight excluding hydrogens is 276 g/mol. The molecule has 6 heteroatoms. The second-order valence-electron chi connectivity index (χ2n) is 4.81. The Hall–Kier alpha value is -1.95. The fraction of sp³-hybridized carbons (Fsp3) is 0.400. The van der Waals surface area contributed by atoms with Gasteiger partial charge in [-0.1, -0.05) is 25.5 Å². The van der Waals surface area contributed by atoms with Crippen molar-refractivity contribution >= 4 is 0 Å². The van der Waals surface area contributed by atoms with Gasteiger partial charge in [0, 0.05) is 18.0 Å². The molecule has 0 saturated heterocycles. The third kappa shape index (κ3) is 4.01. The average Bonchev–Trinajstić information content (AvgIpc) is 2.94. The molecule has 0 radical (unpaired) electrons. The van der Waals surface area contributed by atoms with Crippen LogP contribution in [-0.4, -0.2) is 23.1 Å². The van der Waals surface area contributed by atoms with Gasteiger partial charge in [-0.2, -0.15) is 8.78 Å². The normalized spacial score (nSPS) is 12.6. The highest BCUT2D eigenvalue weighted by molar-refractivity contribution is 5.60. The SMILES string of the molecule is CCCC(CN)c1ncc(-c2cccc(OC(F)F)c2)[nH]1. The summed E-state index contributed by atoms with van der Waals surface area (Å²) in [5.74, 6) is 1.14. The molecule has 0 bridgehead atoms. The van der Waals surface area contributed by atoms with Crippen LogP contribution in [0.1, 0.15) is 31.5 Å². The number of alkyl halides is 2. The smallest absolute Gasteiger partial charge is 0.387 e. The molecule has 4 nitrogen and oxygen atoms in total. The first-order valence-corrected chi connectivity index (χ1v) is 6.94. The Morgan fingerprint density at radius 2 is 2.19 bits per heavy atom. The summed E-state index contributed by atoms with van der Waals surface area (Å²) in [5.41, 5.74) is 7.27. The van der Waals surface area contributed by atoms with Crippen LogP contribution in [0.25, 0.3) is 11.3 Å². The standard InChI is InChI=1S/C15H19F2N3O/c1-2-4-11(8-18)14-19-9-13(20-14)10-5-3-6-12(7-10)21-15(16)17/h3,5-7,9,11,15H,2,4,8,18H2,1H3,(H,19,20). The number of nitrogens with one attached hydrogen (secondary N) is 1. The van der Waals surface area contributed by atoms with E-state index in [-0.39, 0.29) is 11.7 Å². The van der Waals surface area contributed by atoms with E-state index < -0.39 is 6.61 Å². The minimum Gasteiger partial charge on any atom is -0.435 e. The molecule has 2 rings (SSSR count). The van der Waals surface area contributed by atoms with E-state index in [2.05, 4.69) is 21.6 Å². The molecule has 1 aromatic heterocycles. The number of hydrogen-bond donors (Lipinski definition) is 2. The Morgan fingerprint density at radius 3 is 2.86 bits per heavy atom. The van der Waals surface area contributed by atoms with Crippen molar-refractivity contribution in [1.82, 2.24) is 9.97 Å². The first-order valence-electron chi connectivity index (χ1n) is 6.94. The highest BCUT2D eigenvalue weighted by Crippen LogP contribution is 2.25. The molecule has 0 aliphatic carbocycles. The van der Waals surface area contributed by atoms with E-state index in [0.717, 1.165) is 29.9 Å². The Morgan fingerprint density at radius 1 is 1.38 bits per heavy atom. The number of halogens is 2. The Labute approximate surface area is 122 Å². The highest BCUT2D eigenvalue weighted by Gasteiger charge is 2.13. The maximum Gasteiger partial charge on any atom is 0.387 e.